The average molecular weight is 406 g/mol. The lowest BCUT2D eigenvalue weighted by molar-refractivity contribution is -0.426. The molecule has 160 valence electrons. The van der Waals surface area contributed by atoms with Crippen molar-refractivity contribution in [2.24, 2.45) is 28.1 Å². The number of rotatable bonds is 1. The summed E-state index contributed by atoms with van der Waals surface area (Å²) in [4.78, 5) is 25.6. The SMILES string of the molecule is C=C1C(=O)[C@]23C[C@@]1(O)C[C@H](OC(C)=O)[C@H]2[C@@]12CO[C@]3(O)C[C@@H]1C(C)(C)CC[C@H]2O. The van der Waals surface area contributed by atoms with E-state index in [0.717, 1.165) is 6.42 Å². The Morgan fingerprint density at radius 2 is 1.97 bits per heavy atom. The fourth-order valence-electron chi connectivity index (χ4n) is 8.01. The zero-order valence-corrected chi connectivity index (χ0v) is 17.2. The number of hydrogen-bond acceptors (Lipinski definition) is 7. The summed E-state index contributed by atoms with van der Waals surface area (Å²) in [6.07, 6.45) is 0.00692. The molecule has 0 amide bonds. The minimum Gasteiger partial charge on any atom is -0.462 e. The van der Waals surface area contributed by atoms with Crippen molar-refractivity contribution in [2.75, 3.05) is 6.61 Å². The van der Waals surface area contributed by atoms with E-state index in [4.69, 9.17) is 9.47 Å². The number of carbonyl (C=O) groups excluding carboxylic acids is 2. The molecule has 6 fully saturated rings. The van der Waals surface area contributed by atoms with Gasteiger partial charge >= 0.3 is 5.97 Å². The van der Waals surface area contributed by atoms with E-state index in [1.807, 2.05) is 0 Å². The Hall–Kier alpha value is -1.28. The number of Topliss-reactive ketones (excluding diaryl/α,β-unsaturated/α-hetero) is 1. The normalized spacial score (nSPS) is 54.7. The molecule has 0 aromatic carbocycles. The summed E-state index contributed by atoms with van der Waals surface area (Å²) in [5, 5.41) is 34.4. The Kier molecular flexibility index (Phi) is 3.60. The third-order valence-electron chi connectivity index (χ3n) is 9.16. The first-order valence-electron chi connectivity index (χ1n) is 10.5. The molecule has 4 aliphatic carbocycles. The molecule has 0 unspecified atom stereocenters. The number of carbonyl (C=O) groups is 2. The number of aliphatic hydroxyl groups excluding tert-OH is 1. The van der Waals surface area contributed by atoms with Crippen molar-refractivity contribution in [3.05, 3.63) is 12.2 Å². The molecular weight excluding hydrogens is 376 g/mol. The van der Waals surface area contributed by atoms with E-state index in [-0.39, 0.29) is 42.8 Å². The maximum atomic E-state index is 13.6. The number of fused-ring (bicyclic) bond motifs is 2. The lowest BCUT2D eigenvalue weighted by Crippen LogP contribution is -2.80. The van der Waals surface area contributed by atoms with Gasteiger partial charge in [-0.15, -0.1) is 0 Å². The average Bonchev–Trinajstić information content (AvgIpc) is 2.77. The lowest BCUT2D eigenvalue weighted by atomic mass is 9.36. The summed E-state index contributed by atoms with van der Waals surface area (Å²) in [6.45, 7) is 9.49. The van der Waals surface area contributed by atoms with E-state index < -0.39 is 52.1 Å². The van der Waals surface area contributed by atoms with Gasteiger partial charge in [-0.2, -0.15) is 0 Å². The summed E-state index contributed by atoms with van der Waals surface area (Å²) in [5.74, 6) is -3.48. The topological polar surface area (TPSA) is 113 Å². The number of ketones is 1. The quantitative estimate of drug-likeness (QED) is 0.441. The van der Waals surface area contributed by atoms with Crippen LogP contribution in [-0.2, 0) is 19.1 Å². The van der Waals surface area contributed by atoms with Gasteiger partial charge in [0.15, 0.2) is 11.6 Å². The van der Waals surface area contributed by atoms with Crippen LogP contribution in [0.25, 0.3) is 0 Å². The summed E-state index contributed by atoms with van der Waals surface area (Å²) in [7, 11) is 0. The number of ether oxygens (including phenoxy) is 2. The van der Waals surface area contributed by atoms with Gasteiger partial charge in [-0.3, -0.25) is 9.59 Å². The van der Waals surface area contributed by atoms with Crippen molar-refractivity contribution in [1.29, 1.82) is 0 Å². The minimum atomic E-state index is -1.79. The largest absolute Gasteiger partial charge is 0.462 e. The molecule has 0 aromatic rings. The molecule has 29 heavy (non-hydrogen) atoms. The van der Waals surface area contributed by atoms with E-state index >= 15 is 0 Å². The first kappa shape index (κ1) is 19.7. The molecule has 3 N–H and O–H groups in total. The maximum absolute atomic E-state index is 13.6. The van der Waals surface area contributed by atoms with Gasteiger partial charge in [-0.05, 0) is 30.6 Å². The predicted octanol–water partition coefficient (Wildman–Crippen LogP) is 1.09. The van der Waals surface area contributed by atoms with Crippen LogP contribution >= 0.6 is 0 Å². The van der Waals surface area contributed by atoms with Crippen LogP contribution in [0.15, 0.2) is 12.2 Å². The van der Waals surface area contributed by atoms with E-state index in [2.05, 4.69) is 20.4 Å². The van der Waals surface area contributed by atoms with E-state index in [1.54, 1.807) is 0 Å². The highest BCUT2D eigenvalue weighted by Gasteiger charge is 2.85. The van der Waals surface area contributed by atoms with Crippen LogP contribution in [0.2, 0.25) is 0 Å². The molecule has 6 rings (SSSR count). The zero-order chi connectivity index (χ0) is 21.2. The van der Waals surface area contributed by atoms with Crippen LogP contribution in [-0.4, -0.2) is 57.3 Å². The van der Waals surface area contributed by atoms with Gasteiger partial charge in [0, 0.05) is 36.7 Å². The number of esters is 1. The second kappa shape index (κ2) is 5.31. The van der Waals surface area contributed by atoms with Crippen molar-refractivity contribution in [2.45, 2.75) is 76.5 Å². The summed E-state index contributed by atoms with van der Waals surface area (Å²) < 4.78 is 11.7. The summed E-state index contributed by atoms with van der Waals surface area (Å²) >= 11 is 0. The first-order chi connectivity index (χ1) is 13.3. The lowest BCUT2D eigenvalue weighted by Gasteiger charge is -2.73. The van der Waals surface area contributed by atoms with Gasteiger partial charge in [0.05, 0.1) is 23.7 Å². The molecule has 0 radical (unpaired) electrons. The monoisotopic (exact) mass is 406 g/mol. The molecule has 2 saturated heterocycles. The third kappa shape index (κ3) is 1.98. The van der Waals surface area contributed by atoms with E-state index in [0.29, 0.717) is 6.42 Å². The fraction of sp³-hybridized carbons (Fsp3) is 0.818. The first-order valence-corrected chi connectivity index (χ1v) is 10.5. The van der Waals surface area contributed by atoms with Crippen LogP contribution in [0.3, 0.4) is 0 Å². The van der Waals surface area contributed by atoms with Gasteiger partial charge in [-0.25, -0.2) is 0 Å². The Bertz CT molecular complexity index is 835. The second-order valence-corrected chi connectivity index (χ2v) is 10.8. The van der Waals surface area contributed by atoms with Crippen LogP contribution in [0, 0.1) is 28.1 Å². The van der Waals surface area contributed by atoms with E-state index in [1.165, 1.54) is 6.92 Å². The molecule has 6 aliphatic rings. The summed E-state index contributed by atoms with van der Waals surface area (Å²) in [6, 6.07) is 0. The Balaban J connectivity index is 1.78. The van der Waals surface area contributed by atoms with Crippen LogP contribution in [0.5, 0.6) is 0 Å². The van der Waals surface area contributed by atoms with Crippen molar-refractivity contribution < 1.29 is 34.4 Å². The highest BCUT2D eigenvalue weighted by atomic mass is 16.6. The fourth-order valence-corrected chi connectivity index (χ4v) is 8.01. The van der Waals surface area contributed by atoms with Crippen molar-refractivity contribution in [3.63, 3.8) is 0 Å². The van der Waals surface area contributed by atoms with Crippen molar-refractivity contribution in [3.8, 4) is 0 Å². The van der Waals surface area contributed by atoms with Crippen molar-refractivity contribution in [1.82, 2.24) is 0 Å². The Morgan fingerprint density at radius 3 is 2.62 bits per heavy atom. The van der Waals surface area contributed by atoms with Crippen LogP contribution < -0.4 is 0 Å². The highest BCUT2D eigenvalue weighted by molar-refractivity contribution is 6.06. The van der Waals surface area contributed by atoms with E-state index in [9.17, 15) is 24.9 Å². The predicted molar refractivity (Wildman–Crippen MR) is 100 cm³/mol. The third-order valence-corrected chi connectivity index (χ3v) is 9.16. The number of hydrogen-bond donors (Lipinski definition) is 3. The van der Waals surface area contributed by atoms with Crippen LogP contribution in [0.4, 0.5) is 0 Å². The molecule has 0 aromatic heterocycles. The maximum Gasteiger partial charge on any atom is 0.302 e. The van der Waals surface area contributed by atoms with Gasteiger partial charge in [-0.1, -0.05) is 20.4 Å². The molecule has 7 heteroatoms. The van der Waals surface area contributed by atoms with Crippen molar-refractivity contribution >= 4 is 11.8 Å². The van der Waals surface area contributed by atoms with Gasteiger partial charge in [0.2, 0.25) is 0 Å². The molecular formula is C22H30O7. The van der Waals surface area contributed by atoms with Gasteiger partial charge in [0.1, 0.15) is 6.10 Å². The molecule has 8 atom stereocenters. The number of aliphatic hydroxyl groups is 3. The Labute approximate surface area is 170 Å². The Morgan fingerprint density at radius 1 is 1.28 bits per heavy atom. The van der Waals surface area contributed by atoms with Gasteiger partial charge < -0.3 is 24.8 Å². The van der Waals surface area contributed by atoms with Crippen LogP contribution in [0.1, 0.15) is 52.9 Å². The van der Waals surface area contributed by atoms with Gasteiger partial charge in [0.25, 0.3) is 0 Å². The molecule has 2 heterocycles. The molecule has 2 aliphatic heterocycles. The zero-order valence-electron chi connectivity index (χ0n) is 17.2. The molecule has 4 saturated carbocycles. The summed E-state index contributed by atoms with van der Waals surface area (Å²) in [5.41, 5.74) is -4.01. The molecule has 4 bridgehead atoms. The highest BCUT2D eigenvalue weighted by Crippen LogP contribution is 2.77. The standard InChI is InChI=1S/C22H30O7/c1-11-17(25)21-9-19(11,26)7-13(29-12(2)23)16(21)20-10-28-22(21,27)8-14(20)18(3,4)6-5-15(20)24/h13-16,24,26-27H,1,5-10H2,2-4H3/t13-,14+,15+,16-,19-,20-,21-,22+/m0/s1. The molecule has 2 spiro atoms. The minimum absolute atomic E-state index is 0.0157. The smallest absolute Gasteiger partial charge is 0.302 e. The molecule has 7 nitrogen and oxygen atoms in total. The second-order valence-electron chi connectivity index (χ2n) is 10.8.